The molecule has 2 heterocycles. The van der Waals surface area contributed by atoms with Crippen molar-refractivity contribution in [3.05, 3.63) is 0 Å². The Morgan fingerprint density at radius 2 is 2.19 bits per heavy atom. The van der Waals surface area contributed by atoms with Gasteiger partial charge in [-0.15, -0.1) is 0 Å². The Morgan fingerprint density at radius 1 is 1.38 bits per heavy atom. The highest BCUT2D eigenvalue weighted by Gasteiger charge is 2.33. The second-order valence-electron chi connectivity index (χ2n) is 4.29. The predicted molar refractivity (Wildman–Crippen MR) is 60.0 cm³/mol. The molecule has 0 radical (unpaired) electrons. The van der Waals surface area contributed by atoms with Gasteiger partial charge in [0.1, 0.15) is 11.8 Å². The Kier molecular flexibility index (Phi) is 3.33. The van der Waals surface area contributed by atoms with Crippen LogP contribution in [0.1, 0.15) is 32.6 Å². The van der Waals surface area contributed by atoms with E-state index < -0.39 is 5.92 Å². The summed E-state index contributed by atoms with van der Waals surface area (Å²) in [4.78, 5) is 27.3. The zero-order valence-corrected chi connectivity index (χ0v) is 9.45. The molecule has 88 valence electrons. The lowest BCUT2D eigenvalue weighted by molar-refractivity contribution is -0.133. The minimum Gasteiger partial charge on any atom is -0.312 e. The average molecular weight is 223 g/mol. The zero-order chi connectivity index (χ0) is 11.5. The Hall–Kier alpha value is -1.23. The quantitative estimate of drug-likeness (QED) is 0.657. The molecule has 2 amide bonds. The molecule has 16 heavy (non-hydrogen) atoms. The number of carbonyl (C=O) groups excluding carboxylic acids is 2. The maximum absolute atomic E-state index is 11.6. The Bertz CT molecular complexity index is 332. The Morgan fingerprint density at radius 3 is 2.75 bits per heavy atom. The molecule has 0 saturated carbocycles. The normalized spacial score (nSPS) is 30.9. The third-order valence-corrected chi connectivity index (χ3v) is 3.15. The number of piperidine rings is 1. The molecule has 1 fully saturated rings. The van der Waals surface area contributed by atoms with E-state index in [0.717, 1.165) is 25.8 Å². The fraction of sp³-hybridized carbons (Fsp3) is 0.727. The van der Waals surface area contributed by atoms with Crippen molar-refractivity contribution in [3.63, 3.8) is 0 Å². The number of rotatable bonds is 2. The Balaban J connectivity index is 2.11. The van der Waals surface area contributed by atoms with Gasteiger partial charge < -0.3 is 10.6 Å². The summed E-state index contributed by atoms with van der Waals surface area (Å²) in [6, 6.07) is 0.0412. The van der Waals surface area contributed by atoms with Crippen molar-refractivity contribution in [2.24, 2.45) is 10.9 Å². The van der Waals surface area contributed by atoms with Crippen molar-refractivity contribution in [2.45, 2.75) is 38.6 Å². The molecular weight excluding hydrogens is 206 g/mol. The lowest BCUT2D eigenvalue weighted by Crippen LogP contribution is -2.53. The first-order valence-corrected chi connectivity index (χ1v) is 5.89. The van der Waals surface area contributed by atoms with Crippen LogP contribution in [-0.2, 0) is 9.59 Å². The van der Waals surface area contributed by atoms with Crippen molar-refractivity contribution in [2.75, 3.05) is 6.54 Å². The minimum atomic E-state index is -0.590. The summed E-state index contributed by atoms with van der Waals surface area (Å²) in [5.41, 5.74) is 0. The van der Waals surface area contributed by atoms with E-state index >= 15 is 0 Å². The number of amidine groups is 1. The molecule has 0 bridgehead atoms. The molecule has 1 saturated heterocycles. The molecule has 2 atom stereocenters. The zero-order valence-electron chi connectivity index (χ0n) is 9.45. The number of hydrogen-bond acceptors (Lipinski definition) is 3. The highest BCUT2D eigenvalue weighted by molar-refractivity contribution is 6.17. The van der Waals surface area contributed by atoms with Crippen LogP contribution in [-0.4, -0.2) is 30.2 Å². The summed E-state index contributed by atoms with van der Waals surface area (Å²) in [5.74, 6) is -0.578. The summed E-state index contributed by atoms with van der Waals surface area (Å²) in [7, 11) is 0. The van der Waals surface area contributed by atoms with Gasteiger partial charge in [0.25, 0.3) is 5.91 Å². The van der Waals surface area contributed by atoms with Crippen LogP contribution in [0.25, 0.3) is 0 Å². The van der Waals surface area contributed by atoms with Gasteiger partial charge in [0.2, 0.25) is 5.91 Å². The van der Waals surface area contributed by atoms with Crippen molar-refractivity contribution < 1.29 is 9.59 Å². The maximum Gasteiger partial charge on any atom is 0.259 e. The van der Waals surface area contributed by atoms with Crippen LogP contribution in [0.2, 0.25) is 0 Å². The molecule has 0 aliphatic carbocycles. The molecule has 0 aromatic carbocycles. The number of nitrogens with one attached hydrogen (secondary N) is 2. The van der Waals surface area contributed by atoms with E-state index in [0.29, 0.717) is 12.3 Å². The molecule has 2 aliphatic heterocycles. The highest BCUT2D eigenvalue weighted by atomic mass is 16.2. The van der Waals surface area contributed by atoms with Gasteiger partial charge in [-0.1, -0.05) is 13.3 Å². The van der Waals surface area contributed by atoms with Gasteiger partial charge in [-0.25, -0.2) is 0 Å². The summed E-state index contributed by atoms with van der Waals surface area (Å²) in [6.45, 7) is 2.74. The third-order valence-electron chi connectivity index (χ3n) is 3.15. The molecule has 5 heteroatoms. The van der Waals surface area contributed by atoms with Gasteiger partial charge in [-0.05, 0) is 25.8 Å². The largest absolute Gasteiger partial charge is 0.312 e. The van der Waals surface area contributed by atoms with Crippen molar-refractivity contribution in [1.82, 2.24) is 10.6 Å². The van der Waals surface area contributed by atoms with Crippen LogP contribution in [0.3, 0.4) is 0 Å². The van der Waals surface area contributed by atoms with Crippen molar-refractivity contribution in [1.29, 1.82) is 0 Å². The summed E-state index contributed by atoms with van der Waals surface area (Å²) >= 11 is 0. The van der Waals surface area contributed by atoms with Gasteiger partial charge in [0.05, 0.1) is 6.04 Å². The molecule has 0 aromatic heterocycles. The first-order valence-electron chi connectivity index (χ1n) is 5.89. The topological polar surface area (TPSA) is 70.6 Å². The first-order chi connectivity index (χ1) is 7.72. The van der Waals surface area contributed by atoms with E-state index in [-0.39, 0.29) is 17.9 Å². The number of aliphatic imine (C=N–C) groups is 1. The lowest BCUT2D eigenvalue weighted by atomic mass is 9.99. The maximum atomic E-state index is 11.6. The molecule has 0 spiro atoms. The third kappa shape index (κ3) is 2.14. The van der Waals surface area contributed by atoms with E-state index in [1.165, 1.54) is 0 Å². The summed E-state index contributed by atoms with van der Waals surface area (Å²) in [5, 5.41) is 6.01. The van der Waals surface area contributed by atoms with Gasteiger partial charge in [-0.3, -0.25) is 9.59 Å². The molecule has 2 rings (SSSR count). The van der Waals surface area contributed by atoms with E-state index in [1.54, 1.807) is 0 Å². The van der Waals surface area contributed by atoms with E-state index in [4.69, 9.17) is 0 Å². The monoisotopic (exact) mass is 223 g/mol. The smallest absolute Gasteiger partial charge is 0.259 e. The first kappa shape index (κ1) is 11.3. The second-order valence-corrected chi connectivity index (χ2v) is 4.29. The van der Waals surface area contributed by atoms with E-state index in [9.17, 15) is 9.59 Å². The van der Waals surface area contributed by atoms with E-state index in [2.05, 4.69) is 15.6 Å². The summed E-state index contributed by atoms with van der Waals surface area (Å²) in [6.07, 6.45) is 3.70. The number of hydrogen-bond donors (Lipinski definition) is 2. The number of nitrogens with zero attached hydrogens (tertiary/aromatic N) is 1. The SMILES string of the molecule is CCC1C(=O)N=C(C2CCCCN2)NC1=O. The standard InChI is InChI=1S/C11H17N3O2/c1-2-7-10(15)13-9(14-11(7)16)8-5-3-4-6-12-8/h7-8,12H,2-6H2,1H3,(H,13,14,15,16). The second kappa shape index (κ2) is 4.74. The van der Waals surface area contributed by atoms with Crippen LogP contribution < -0.4 is 10.6 Å². The fourth-order valence-electron chi connectivity index (χ4n) is 2.16. The highest BCUT2D eigenvalue weighted by Crippen LogP contribution is 2.14. The van der Waals surface area contributed by atoms with Crippen molar-refractivity contribution >= 4 is 17.6 Å². The van der Waals surface area contributed by atoms with Gasteiger partial charge in [0, 0.05) is 0 Å². The number of carbonyl (C=O) groups is 2. The minimum absolute atomic E-state index is 0.0412. The molecule has 2 unspecified atom stereocenters. The van der Waals surface area contributed by atoms with E-state index in [1.807, 2.05) is 6.92 Å². The predicted octanol–water partition coefficient (Wildman–Crippen LogP) is 0.210. The van der Waals surface area contributed by atoms with Crippen molar-refractivity contribution in [3.8, 4) is 0 Å². The molecule has 2 N–H and O–H groups in total. The van der Waals surface area contributed by atoms with Crippen LogP contribution >= 0.6 is 0 Å². The van der Waals surface area contributed by atoms with Gasteiger partial charge >= 0.3 is 0 Å². The number of amides is 2. The lowest BCUT2D eigenvalue weighted by Gasteiger charge is -2.28. The van der Waals surface area contributed by atoms with Gasteiger partial charge in [-0.2, -0.15) is 4.99 Å². The Labute approximate surface area is 94.7 Å². The van der Waals surface area contributed by atoms with Gasteiger partial charge in [0.15, 0.2) is 0 Å². The fourth-order valence-corrected chi connectivity index (χ4v) is 2.16. The average Bonchev–Trinajstić information content (AvgIpc) is 2.30. The molecule has 2 aliphatic rings. The van der Waals surface area contributed by atoms with Crippen LogP contribution in [0.5, 0.6) is 0 Å². The summed E-state index contributed by atoms with van der Waals surface area (Å²) < 4.78 is 0. The molecule has 5 nitrogen and oxygen atoms in total. The van der Waals surface area contributed by atoms with Crippen LogP contribution in [0, 0.1) is 5.92 Å². The van der Waals surface area contributed by atoms with Crippen LogP contribution in [0.4, 0.5) is 0 Å². The van der Waals surface area contributed by atoms with Crippen LogP contribution in [0.15, 0.2) is 4.99 Å². The molecule has 0 aromatic rings. The molecular formula is C11H17N3O2.